The van der Waals surface area contributed by atoms with E-state index in [-0.39, 0.29) is 0 Å². The third-order valence-electron chi connectivity index (χ3n) is 4.78. The smallest absolute Gasteiger partial charge is 0.0393 e. The van der Waals surface area contributed by atoms with E-state index in [2.05, 4.69) is 60.7 Å². The number of anilines is 1. The molecule has 0 saturated heterocycles. The number of nitrogens with two attached hydrogens (primary N) is 1. The molecular formula is C22H15N. The molecule has 1 nitrogen and oxygen atoms in total. The SMILES string of the molecule is Nc1ccccc1-c1ccc2ccc3cccc4ccc1c2c34. The summed E-state index contributed by atoms with van der Waals surface area (Å²) in [5.41, 5.74) is 9.35. The van der Waals surface area contributed by atoms with Crippen molar-refractivity contribution in [1.29, 1.82) is 0 Å². The fourth-order valence-corrected chi connectivity index (χ4v) is 3.71. The zero-order valence-corrected chi connectivity index (χ0v) is 12.6. The molecule has 0 aliphatic rings. The van der Waals surface area contributed by atoms with Crippen LogP contribution in [0.2, 0.25) is 0 Å². The molecule has 5 rings (SSSR count). The average Bonchev–Trinajstić information content (AvgIpc) is 2.60. The third kappa shape index (κ3) is 1.68. The Morgan fingerprint density at radius 3 is 1.91 bits per heavy atom. The summed E-state index contributed by atoms with van der Waals surface area (Å²) in [7, 11) is 0. The van der Waals surface area contributed by atoms with Crippen molar-refractivity contribution < 1.29 is 0 Å². The zero-order chi connectivity index (χ0) is 15.4. The van der Waals surface area contributed by atoms with Crippen LogP contribution in [0.25, 0.3) is 43.4 Å². The first-order valence-corrected chi connectivity index (χ1v) is 7.84. The molecule has 23 heavy (non-hydrogen) atoms. The predicted molar refractivity (Wildman–Crippen MR) is 100.0 cm³/mol. The molecule has 0 bridgehead atoms. The van der Waals surface area contributed by atoms with Crippen molar-refractivity contribution in [3.8, 4) is 11.1 Å². The number of nitrogen functional groups attached to an aromatic ring is 1. The van der Waals surface area contributed by atoms with Crippen molar-refractivity contribution in [2.75, 3.05) is 5.73 Å². The van der Waals surface area contributed by atoms with Crippen molar-refractivity contribution in [3.05, 3.63) is 78.9 Å². The predicted octanol–water partition coefficient (Wildman–Crippen LogP) is 5.83. The fourth-order valence-electron chi connectivity index (χ4n) is 3.71. The lowest BCUT2D eigenvalue weighted by molar-refractivity contribution is 1.65. The first-order valence-electron chi connectivity index (χ1n) is 7.84. The monoisotopic (exact) mass is 293 g/mol. The van der Waals surface area contributed by atoms with E-state index in [4.69, 9.17) is 5.73 Å². The van der Waals surface area contributed by atoms with Crippen LogP contribution in [0.1, 0.15) is 0 Å². The van der Waals surface area contributed by atoms with Gasteiger partial charge in [-0.3, -0.25) is 0 Å². The van der Waals surface area contributed by atoms with Gasteiger partial charge in [0.1, 0.15) is 0 Å². The summed E-state index contributed by atoms with van der Waals surface area (Å²) in [5, 5.41) is 7.81. The van der Waals surface area contributed by atoms with Crippen LogP contribution in [0, 0.1) is 0 Å². The highest BCUT2D eigenvalue weighted by Gasteiger charge is 2.12. The van der Waals surface area contributed by atoms with Gasteiger partial charge in [0.05, 0.1) is 0 Å². The number of hydrogen-bond acceptors (Lipinski definition) is 1. The molecule has 5 aromatic carbocycles. The van der Waals surface area contributed by atoms with Crippen LogP contribution in [0.3, 0.4) is 0 Å². The summed E-state index contributed by atoms with van der Waals surface area (Å²) in [4.78, 5) is 0. The molecule has 2 N–H and O–H groups in total. The third-order valence-corrected chi connectivity index (χ3v) is 4.78. The number of benzene rings is 5. The lowest BCUT2D eigenvalue weighted by Crippen LogP contribution is -1.91. The van der Waals surface area contributed by atoms with E-state index in [0.717, 1.165) is 11.3 Å². The van der Waals surface area contributed by atoms with Crippen LogP contribution in [0.5, 0.6) is 0 Å². The van der Waals surface area contributed by atoms with Crippen molar-refractivity contribution in [1.82, 2.24) is 0 Å². The summed E-state index contributed by atoms with van der Waals surface area (Å²) in [6, 6.07) is 27.8. The Balaban J connectivity index is 2.01. The Bertz CT molecular complexity index is 1150. The van der Waals surface area contributed by atoms with E-state index < -0.39 is 0 Å². The average molecular weight is 293 g/mol. The first kappa shape index (κ1) is 12.5. The van der Waals surface area contributed by atoms with Crippen LogP contribution in [-0.2, 0) is 0 Å². The Hall–Kier alpha value is -3.06. The first-order chi connectivity index (χ1) is 11.3. The van der Waals surface area contributed by atoms with Crippen LogP contribution >= 0.6 is 0 Å². The highest BCUT2D eigenvalue weighted by atomic mass is 14.6. The van der Waals surface area contributed by atoms with Gasteiger partial charge in [-0.15, -0.1) is 0 Å². The van der Waals surface area contributed by atoms with Gasteiger partial charge in [0.2, 0.25) is 0 Å². The van der Waals surface area contributed by atoms with Gasteiger partial charge in [0, 0.05) is 11.3 Å². The molecule has 0 unspecified atom stereocenters. The molecule has 0 aliphatic heterocycles. The summed E-state index contributed by atoms with van der Waals surface area (Å²) < 4.78 is 0. The Kier molecular flexibility index (Phi) is 2.42. The highest BCUT2D eigenvalue weighted by Crippen LogP contribution is 2.40. The van der Waals surface area contributed by atoms with E-state index in [1.54, 1.807) is 0 Å². The second kappa shape index (κ2) is 4.47. The van der Waals surface area contributed by atoms with Crippen LogP contribution < -0.4 is 5.73 Å². The van der Waals surface area contributed by atoms with E-state index in [1.807, 2.05) is 18.2 Å². The van der Waals surface area contributed by atoms with Crippen molar-refractivity contribution in [3.63, 3.8) is 0 Å². The molecule has 108 valence electrons. The lowest BCUT2D eigenvalue weighted by atomic mass is 9.89. The minimum Gasteiger partial charge on any atom is -0.398 e. The molecular weight excluding hydrogens is 278 g/mol. The fraction of sp³-hybridized carbons (Fsp3) is 0. The summed E-state index contributed by atoms with van der Waals surface area (Å²) >= 11 is 0. The molecule has 0 fully saturated rings. The minimum atomic E-state index is 0.822. The topological polar surface area (TPSA) is 26.0 Å². The largest absolute Gasteiger partial charge is 0.398 e. The Labute approximate surface area is 134 Å². The van der Waals surface area contributed by atoms with Crippen LogP contribution in [0.15, 0.2) is 78.9 Å². The van der Waals surface area contributed by atoms with Crippen LogP contribution in [0.4, 0.5) is 5.69 Å². The van der Waals surface area contributed by atoms with Crippen LogP contribution in [-0.4, -0.2) is 0 Å². The molecule has 0 amide bonds. The molecule has 0 heterocycles. The molecule has 0 aliphatic carbocycles. The molecule has 0 radical (unpaired) electrons. The van der Waals surface area contributed by atoms with Crippen molar-refractivity contribution in [2.45, 2.75) is 0 Å². The molecule has 0 saturated carbocycles. The minimum absolute atomic E-state index is 0.822. The van der Waals surface area contributed by atoms with Gasteiger partial charge in [0.15, 0.2) is 0 Å². The van der Waals surface area contributed by atoms with Crippen molar-refractivity contribution in [2.24, 2.45) is 0 Å². The second-order valence-corrected chi connectivity index (χ2v) is 6.06. The van der Waals surface area contributed by atoms with E-state index in [1.165, 1.54) is 37.9 Å². The standard InChI is InChI=1S/C22H15N/c23-20-7-2-1-6-18(20)17-12-10-16-9-8-14-4-3-5-15-11-13-19(17)22(16)21(14)15/h1-13H,23H2. The van der Waals surface area contributed by atoms with E-state index in [0.29, 0.717) is 0 Å². The van der Waals surface area contributed by atoms with Gasteiger partial charge in [-0.05, 0) is 43.9 Å². The van der Waals surface area contributed by atoms with Gasteiger partial charge in [-0.25, -0.2) is 0 Å². The molecule has 0 aromatic heterocycles. The Morgan fingerprint density at radius 1 is 0.478 bits per heavy atom. The van der Waals surface area contributed by atoms with E-state index in [9.17, 15) is 0 Å². The maximum absolute atomic E-state index is 6.22. The summed E-state index contributed by atoms with van der Waals surface area (Å²) in [6.07, 6.45) is 0. The quantitative estimate of drug-likeness (QED) is 0.305. The zero-order valence-electron chi connectivity index (χ0n) is 12.6. The second-order valence-electron chi connectivity index (χ2n) is 6.06. The van der Waals surface area contributed by atoms with Crippen molar-refractivity contribution >= 4 is 38.0 Å². The van der Waals surface area contributed by atoms with Gasteiger partial charge in [0.25, 0.3) is 0 Å². The summed E-state index contributed by atoms with van der Waals surface area (Å²) in [5.74, 6) is 0. The highest BCUT2D eigenvalue weighted by molar-refractivity contribution is 6.25. The summed E-state index contributed by atoms with van der Waals surface area (Å²) in [6.45, 7) is 0. The van der Waals surface area contributed by atoms with Gasteiger partial charge < -0.3 is 5.73 Å². The lowest BCUT2D eigenvalue weighted by Gasteiger charge is -2.15. The Morgan fingerprint density at radius 2 is 1.13 bits per heavy atom. The number of para-hydroxylation sites is 1. The number of hydrogen-bond donors (Lipinski definition) is 1. The molecule has 0 spiro atoms. The normalized spacial score (nSPS) is 11.7. The maximum atomic E-state index is 6.22. The molecule has 5 aromatic rings. The van der Waals surface area contributed by atoms with Gasteiger partial charge >= 0.3 is 0 Å². The molecule has 0 atom stereocenters. The number of rotatable bonds is 1. The van der Waals surface area contributed by atoms with Gasteiger partial charge in [-0.2, -0.15) is 0 Å². The molecule has 1 heteroatoms. The van der Waals surface area contributed by atoms with Gasteiger partial charge in [-0.1, -0.05) is 72.8 Å². The van der Waals surface area contributed by atoms with E-state index >= 15 is 0 Å². The maximum Gasteiger partial charge on any atom is 0.0393 e.